The molecule has 2 aromatic heterocycles. The minimum absolute atomic E-state index is 0.00209. The molecule has 0 saturated carbocycles. The number of hydrogen-bond acceptors (Lipinski definition) is 6. The van der Waals surface area contributed by atoms with Gasteiger partial charge >= 0.3 is 0 Å². The molecule has 0 fully saturated rings. The summed E-state index contributed by atoms with van der Waals surface area (Å²) in [7, 11) is 0. The molecule has 1 amide bonds. The van der Waals surface area contributed by atoms with Gasteiger partial charge in [-0.05, 0) is 34.5 Å². The molecule has 0 radical (unpaired) electrons. The first-order chi connectivity index (χ1) is 11.2. The fourth-order valence-electron chi connectivity index (χ4n) is 2.07. The predicted molar refractivity (Wildman–Crippen MR) is 82.5 cm³/mol. The van der Waals surface area contributed by atoms with Crippen molar-refractivity contribution in [1.82, 2.24) is 35.3 Å². The van der Waals surface area contributed by atoms with E-state index in [1.807, 2.05) is 36.5 Å². The van der Waals surface area contributed by atoms with Gasteiger partial charge in [0.05, 0.1) is 11.9 Å². The number of amides is 1. The summed E-state index contributed by atoms with van der Waals surface area (Å²) in [6.07, 6.45) is 4.42. The van der Waals surface area contributed by atoms with Crippen molar-refractivity contribution in [2.75, 3.05) is 12.3 Å². The molecule has 0 saturated heterocycles. The van der Waals surface area contributed by atoms with Crippen LogP contribution in [0, 0.1) is 0 Å². The summed E-state index contributed by atoms with van der Waals surface area (Å²) < 4.78 is 3.04. The van der Waals surface area contributed by atoms with Gasteiger partial charge in [-0.1, -0.05) is 23.3 Å². The van der Waals surface area contributed by atoms with Crippen LogP contribution in [-0.2, 0) is 17.8 Å². The Hall–Kier alpha value is -3.23. The van der Waals surface area contributed by atoms with Crippen molar-refractivity contribution in [3.8, 4) is 5.69 Å². The summed E-state index contributed by atoms with van der Waals surface area (Å²) >= 11 is 0. The number of rotatable bonds is 6. The van der Waals surface area contributed by atoms with E-state index in [2.05, 4.69) is 25.9 Å². The zero-order valence-electron chi connectivity index (χ0n) is 12.3. The fourth-order valence-corrected chi connectivity index (χ4v) is 2.07. The maximum atomic E-state index is 11.8. The SMILES string of the molecule is Nc1nnnn1CC(=O)NCCc1cnn(-c2ccccc2)c1. The van der Waals surface area contributed by atoms with Crippen molar-refractivity contribution in [2.45, 2.75) is 13.0 Å². The number of para-hydroxylation sites is 1. The van der Waals surface area contributed by atoms with E-state index in [-0.39, 0.29) is 18.4 Å². The monoisotopic (exact) mass is 312 g/mol. The predicted octanol–water partition coefficient (Wildman–Crippen LogP) is -0.200. The number of benzene rings is 1. The quantitative estimate of drug-likeness (QED) is 0.651. The average Bonchev–Trinajstić information content (AvgIpc) is 3.18. The van der Waals surface area contributed by atoms with E-state index in [1.54, 1.807) is 10.9 Å². The summed E-state index contributed by atoms with van der Waals surface area (Å²) in [6.45, 7) is 0.503. The van der Waals surface area contributed by atoms with E-state index in [0.717, 1.165) is 11.3 Å². The fraction of sp³-hybridized carbons (Fsp3) is 0.214. The summed E-state index contributed by atoms with van der Waals surface area (Å²) in [4.78, 5) is 11.8. The van der Waals surface area contributed by atoms with Crippen molar-refractivity contribution in [3.05, 3.63) is 48.3 Å². The highest BCUT2D eigenvalue weighted by Gasteiger charge is 2.07. The molecule has 3 aromatic rings. The van der Waals surface area contributed by atoms with Crippen molar-refractivity contribution < 1.29 is 4.79 Å². The number of carbonyl (C=O) groups excluding carboxylic acids is 1. The van der Waals surface area contributed by atoms with Crippen LogP contribution in [0.1, 0.15) is 5.56 Å². The number of nitrogens with one attached hydrogen (secondary N) is 1. The van der Waals surface area contributed by atoms with Crippen molar-refractivity contribution in [3.63, 3.8) is 0 Å². The molecular formula is C14H16N8O. The molecule has 0 spiro atoms. The van der Waals surface area contributed by atoms with Crippen LogP contribution in [0.4, 0.5) is 5.95 Å². The molecule has 1 aromatic carbocycles. The third kappa shape index (κ3) is 3.70. The maximum absolute atomic E-state index is 11.8. The minimum Gasteiger partial charge on any atom is -0.367 e. The summed E-state index contributed by atoms with van der Waals surface area (Å²) in [5.41, 5.74) is 7.54. The third-order valence-corrected chi connectivity index (χ3v) is 3.25. The third-order valence-electron chi connectivity index (χ3n) is 3.25. The Labute approximate surface area is 132 Å². The number of carbonyl (C=O) groups is 1. The van der Waals surface area contributed by atoms with Crippen LogP contribution < -0.4 is 11.1 Å². The first kappa shape index (κ1) is 14.7. The van der Waals surface area contributed by atoms with Gasteiger partial charge in [0.25, 0.3) is 0 Å². The molecule has 9 nitrogen and oxygen atoms in total. The Balaban J connectivity index is 1.49. The second-order valence-electron chi connectivity index (χ2n) is 4.92. The van der Waals surface area contributed by atoms with E-state index in [9.17, 15) is 4.79 Å². The van der Waals surface area contributed by atoms with Crippen LogP contribution in [0.15, 0.2) is 42.7 Å². The van der Waals surface area contributed by atoms with E-state index in [1.165, 1.54) is 4.68 Å². The lowest BCUT2D eigenvalue weighted by Gasteiger charge is -2.04. The molecule has 0 bridgehead atoms. The lowest BCUT2D eigenvalue weighted by Crippen LogP contribution is -2.30. The van der Waals surface area contributed by atoms with Gasteiger partial charge in [-0.25, -0.2) is 9.36 Å². The lowest BCUT2D eigenvalue weighted by atomic mass is 10.2. The zero-order chi connectivity index (χ0) is 16.1. The Morgan fingerprint density at radius 2 is 2.09 bits per heavy atom. The van der Waals surface area contributed by atoms with Crippen LogP contribution in [0.5, 0.6) is 0 Å². The number of hydrogen-bond donors (Lipinski definition) is 2. The molecular weight excluding hydrogens is 296 g/mol. The molecule has 9 heteroatoms. The first-order valence-electron chi connectivity index (χ1n) is 7.09. The molecule has 3 rings (SSSR count). The number of nitrogens with two attached hydrogens (primary N) is 1. The van der Waals surface area contributed by atoms with Gasteiger partial charge in [-0.2, -0.15) is 5.10 Å². The zero-order valence-corrected chi connectivity index (χ0v) is 12.3. The largest absolute Gasteiger partial charge is 0.367 e. The van der Waals surface area contributed by atoms with Crippen LogP contribution in [0.3, 0.4) is 0 Å². The molecule has 118 valence electrons. The van der Waals surface area contributed by atoms with E-state index < -0.39 is 0 Å². The van der Waals surface area contributed by atoms with Crippen molar-refractivity contribution >= 4 is 11.9 Å². The number of tetrazole rings is 1. The standard InChI is InChI=1S/C14H16N8O/c15-14-18-19-20-22(14)10-13(23)16-7-6-11-8-17-21(9-11)12-4-2-1-3-5-12/h1-5,8-9H,6-7,10H2,(H,16,23)(H2,15,18,20). The number of anilines is 1. The summed E-state index contributed by atoms with van der Waals surface area (Å²) in [5, 5.41) is 17.6. The molecule has 0 aliphatic carbocycles. The smallest absolute Gasteiger partial charge is 0.241 e. The van der Waals surface area contributed by atoms with E-state index in [4.69, 9.17) is 5.73 Å². The highest BCUT2D eigenvalue weighted by Crippen LogP contribution is 2.07. The highest BCUT2D eigenvalue weighted by atomic mass is 16.2. The molecule has 3 N–H and O–H groups in total. The number of nitrogen functional groups attached to an aromatic ring is 1. The maximum Gasteiger partial charge on any atom is 0.241 e. The van der Waals surface area contributed by atoms with Gasteiger partial charge in [-0.3, -0.25) is 4.79 Å². The Bertz CT molecular complexity index is 779. The summed E-state index contributed by atoms with van der Waals surface area (Å²) in [6, 6.07) is 9.84. The molecule has 0 unspecified atom stereocenters. The van der Waals surface area contributed by atoms with Crippen LogP contribution >= 0.6 is 0 Å². The van der Waals surface area contributed by atoms with Gasteiger partial charge in [-0.15, -0.1) is 0 Å². The highest BCUT2D eigenvalue weighted by molar-refractivity contribution is 5.75. The van der Waals surface area contributed by atoms with Gasteiger partial charge in [0.2, 0.25) is 11.9 Å². The van der Waals surface area contributed by atoms with Crippen LogP contribution in [0.2, 0.25) is 0 Å². The van der Waals surface area contributed by atoms with Crippen molar-refractivity contribution in [2.24, 2.45) is 0 Å². The molecule has 0 atom stereocenters. The van der Waals surface area contributed by atoms with E-state index in [0.29, 0.717) is 13.0 Å². The van der Waals surface area contributed by atoms with E-state index >= 15 is 0 Å². The number of nitrogens with zero attached hydrogens (tertiary/aromatic N) is 6. The van der Waals surface area contributed by atoms with Crippen molar-refractivity contribution in [1.29, 1.82) is 0 Å². The van der Waals surface area contributed by atoms with Crippen LogP contribution in [-0.4, -0.2) is 42.4 Å². The lowest BCUT2D eigenvalue weighted by molar-refractivity contribution is -0.121. The second kappa shape index (κ2) is 6.69. The summed E-state index contributed by atoms with van der Waals surface area (Å²) in [5.74, 6) is -0.0799. The van der Waals surface area contributed by atoms with Gasteiger partial charge in [0.1, 0.15) is 6.54 Å². The molecule has 23 heavy (non-hydrogen) atoms. The molecule has 0 aliphatic heterocycles. The van der Waals surface area contributed by atoms with Gasteiger partial charge in [0, 0.05) is 12.7 Å². The Kier molecular flexibility index (Phi) is 4.27. The second-order valence-corrected chi connectivity index (χ2v) is 4.92. The Morgan fingerprint density at radius 1 is 1.26 bits per heavy atom. The minimum atomic E-state index is -0.195. The van der Waals surface area contributed by atoms with Gasteiger partial charge in [0.15, 0.2) is 0 Å². The molecule has 0 aliphatic rings. The normalized spacial score (nSPS) is 10.6. The molecule has 2 heterocycles. The number of aromatic nitrogens is 6. The first-order valence-corrected chi connectivity index (χ1v) is 7.09. The Morgan fingerprint density at radius 3 is 2.83 bits per heavy atom. The topological polar surface area (TPSA) is 117 Å². The average molecular weight is 312 g/mol. The van der Waals surface area contributed by atoms with Crippen LogP contribution in [0.25, 0.3) is 5.69 Å². The van der Waals surface area contributed by atoms with Gasteiger partial charge < -0.3 is 11.1 Å².